The number of carbonyl (C=O) groups excluding carboxylic acids is 1. The topological polar surface area (TPSA) is 78.9 Å². The van der Waals surface area contributed by atoms with Gasteiger partial charge in [-0.1, -0.05) is 0 Å². The van der Waals surface area contributed by atoms with Crippen molar-refractivity contribution in [3.63, 3.8) is 0 Å². The fourth-order valence-corrected chi connectivity index (χ4v) is 1.77. The summed E-state index contributed by atoms with van der Waals surface area (Å²) in [5.41, 5.74) is 0. The van der Waals surface area contributed by atoms with Gasteiger partial charge in [-0.15, -0.1) is 0 Å². The summed E-state index contributed by atoms with van der Waals surface area (Å²) in [5.74, 6) is 0.00433. The Kier molecular flexibility index (Phi) is 9.49. The van der Waals surface area contributed by atoms with E-state index in [0.29, 0.717) is 6.54 Å². The number of carbonyl (C=O) groups is 2. The minimum atomic E-state index is -1.01. The number of rotatable bonds is 9. The number of amides is 2. The first-order valence-corrected chi connectivity index (χ1v) is 7.17. The first kappa shape index (κ1) is 17.1. The largest absolute Gasteiger partial charge is 0.480 e. The zero-order valence-corrected chi connectivity index (χ0v) is 12.0. The van der Waals surface area contributed by atoms with E-state index in [-0.39, 0.29) is 25.3 Å². The lowest BCUT2D eigenvalue weighted by Gasteiger charge is -2.25. The molecule has 106 valence electrons. The molecule has 0 aliphatic carbocycles. The summed E-state index contributed by atoms with van der Waals surface area (Å²) in [6, 6.07) is 0.0138. The van der Waals surface area contributed by atoms with Crippen LogP contribution in [0.4, 0.5) is 4.79 Å². The number of hydrogen-bond donors (Lipinski definition) is 2. The van der Waals surface area contributed by atoms with E-state index in [1.54, 1.807) is 23.7 Å². The van der Waals surface area contributed by atoms with Crippen molar-refractivity contribution in [3.05, 3.63) is 0 Å². The van der Waals surface area contributed by atoms with Gasteiger partial charge in [0.25, 0.3) is 0 Å². The summed E-state index contributed by atoms with van der Waals surface area (Å²) in [6.07, 6.45) is 2.98. The molecule has 0 spiro atoms. The predicted octanol–water partition coefficient (Wildman–Crippen LogP) is 0.871. The molecular weight excluding hydrogens is 256 g/mol. The highest BCUT2D eigenvalue weighted by molar-refractivity contribution is 7.98. The summed E-state index contributed by atoms with van der Waals surface area (Å²) in [4.78, 5) is 23.5. The normalized spacial score (nSPS) is 11.9. The highest BCUT2D eigenvalue weighted by Crippen LogP contribution is 2.05. The highest BCUT2D eigenvalue weighted by Gasteiger charge is 2.14. The Morgan fingerprint density at radius 2 is 2.17 bits per heavy atom. The minimum absolute atomic E-state index is 0.164. The van der Waals surface area contributed by atoms with Crippen LogP contribution in [-0.4, -0.2) is 66.9 Å². The molecule has 0 saturated heterocycles. The second kappa shape index (κ2) is 10.0. The van der Waals surface area contributed by atoms with Crippen LogP contribution in [0.3, 0.4) is 0 Å². The molecular formula is C11H22N2O4S. The van der Waals surface area contributed by atoms with Gasteiger partial charge in [-0.3, -0.25) is 0 Å². The summed E-state index contributed by atoms with van der Waals surface area (Å²) >= 11 is 1.75. The maximum atomic E-state index is 11.7. The predicted molar refractivity (Wildman–Crippen MR) is 72.1 cm³/mol. The second-order valence-electron chi connectivity index (χ2n) is 3.92. The molecule has 0 saturated carbocycles. The number of carboxylic acid groups (broad SMARTS) is 1. The van der Waals surface area contributed by atoms with Gasteiger partial charge in [0.2, 0.25) is 0 Å². The molecule has 0 aliphatic heterocycles. The van der Waals surface area contributed by atoms with Crippen LogP contribution < -0.4 is 5.32 Å². The maximum absolute atomic E-state index is 11.7. The number of aliphatic carboxylic acids is 1. The highest BCUT2D eigenvalue weighted by atomic mass is 32.2. The molecule has 0 aromatic heterocycles. The number of nitrogens with one attached hydrogen (secondary N) is 1. The number of carboxylic acids is 1. The third-order valence-corrected chi connectivity index (χ3v) is 3.11. The van der Waals surface area contributed by atoms with E-state index in [1.807, 2.05) is 13.2 Å². The molecule has 0 bridgehead atoms. The molecule has 0 radical (unpaired) electrons. The molecule has 0 aromatic rings. The maximum Gasteiger partial charge on any atom is 0.329 e. The van der Waals surface area contributed by atoms with Crippen molar-refractivity contribution >= 4 is 23.8 Å². The monoisotopic (exact) mass is 278 g/mol. The number of hydrogen-bond acceptors (Lipinski definition) is 4. The molecule has 1 atom stereocenters. The fourth-order valence-electron chi connectivity index (χ4n) is 1.20. The van der Waals surface area contributed by atoms with Crippen molar-refractivity contribution in [3.8, 4) is 0 Å². The van der Waals surface area contributed by atoms with Crippen molar-refractivity contribution in [1.29, 1.82) is 0 Å². The summed E-state index contributed by atoms with van der Waals surface area (Å²) in [5, 5.41) is 11.0. The Labute approximate surface area is 112 Å². The summed E-state index contributed by atoms with van der Waals surface area (Å²) < 4.78 is 4.81. The smallest absolute Gasteiger partial charge is 0.329 e. The third-order valence-electron chi connectivity index (χ3n) is 2.47. The molecule has 0 heterocycles. The summed E-state index contributed by atoms with van der Waals surface area (Å²) in [6.45, 7) is 2.17. The Bertz CT molecular complexity index is 263. The van der Waals surface area contributed by atoms with Crippen LogP contribution in [0.15, 0.2) is 0 Å². The van der Waals surface area contributed by atoms with E-state index in [9.17, 15) is 9.59 Å². The fraction of sp³-hybridized carbons (Fsp3) is 0.818. The molecule has 2 amide bonds. The molecule has 6 nitrogen and oxygen atoms in total. The van der Waals surface area contributed by atoms with Crippen LogP contribution in [0, 0.1) is 0 Å². The lowest BCUT2D eigenvalue weighted by Crippen LogP contribution is -2.43. The Morgan fingerprint density at radius 1 is 1.50 bits per heavy atom. The van der Waals surface area contributed by atoms with Gasteiger partial charge in [-0.05, 0) is 25.4 Å². The molecule has 0 fully saturated rings. The molecule has 1 unspecified atom stereocenters. The van der Waals surface area contributed by atoms with E-state index >= 15 is 0 Å². The van der Waals surface area contributed by atoms with E-state index in [4.69, 9.17) is 9.84 Å². The summed E-state index contributed by atoms with van der Waals surface area (Å²) in [7, 11) is 1.75. The molecule has 7 heteroatoms. The van der Waals surface area contributed by atoms with E-state index in [1.165, 1.54) is 0 Å². The van der Waals surface area contributed by atoms with Crippen molar-refractivity contribution in [2.24, 2.45) is 0 Å². The molecule has 0 aromatic carbocycles. The Balaban J connectivity index is 3.70. The lowest BCUT2D eigenvalue weighted by atomic mass is 10.2. The first-order valence-electron chi connectivity index (χ1n) is 5.78. The number of ether oxygens (including phenoxy) is 1. The van der Waals surface area contributed by atoms with Crippen LogP contribution in [0.1, 0.15) is 13.3 Å². The van der Waals surface area contributed by atoms with Gasteiger partial charge in [0.15, 0.2) is 0 Å². The lowest BCUT2D eigenvalue weighted by molar-refractivity contribution is -0.142. The molecule has 0 rings (SSSR count). The van der Waals surface area contributed by atoms with E-state index < -0.39 is 5.97 Å². The minimum Gasteiger partial charge on any atom is -0.480 e. The zero-order chi connectivity index (χ0) is 14.0. The average molecular weight is 278 g/mol. The van der Waals surface area contributed by atoms with Crippen molar-refractivity contribution in [1.82, 2.24) is 10.2 Å². The van der Waals surface area contributed by atoms with Gasteiger partial charge in [-0.25, -0.2) is 9.59 Å². The standard InChI is InChI=1S/C11H22N2O4S/c1-9(4-7-18-3)13(2)11(16)12-5-6-17-8-10(14)15/h9H,4-8H2,1-3H3,(H,12,16)(H,14,15). The van der Waals surface area contributed by atoms with Gasteiger partial charge in [0.05, 0.1) is 6.61 Å². The number of urea groups is 1. The van der Waals surface area contributed by atoms with Gasteiger partial charge in [-0.2, -0.15) is 11.8 Å². The SMILES string of the molecule is CSCCC(C)N(C)C(=O)NCCOCC(=O)O. The van der Waals surface area contributed by atoms with Crippen molar-refractivity contribution < 1.29 is 19.4 Å². The average Bonchev–Trinajstić information content (AvgIpc) is 2.33. The number of nitrogens with zero attached hydrogens (tertiary/aromatic N) is 1. The molecule has 2 N–H and O–H groups in total. The molecule has 18 heavy (non-hydrogen) atoms. The van der Waals surface area contributed by atoms with Crippen LogP contribution in [-0.2, 0) is 9.53 Å². The molecule has 0 aliphatic rings. The van der Waals surface area contributed by atoms with Crippen molar-refractivity contribution in [2.75, 3.05) is 38.8 Å². The van der Waals surface area contributed by atoms with Crippen molar-refractivity contribution in [2.45, 2.75) is 19.4 Å². The first-order chi connectivity index (χ1) is 8.49. The second-order valence-corrected chi connectivity index (χ2v) is 4.91. The van der Waals surface area contributed by atoms with Crippen LogP contribution in [0.5, 0.6) is 0 Å². The van der Waals surface area contributed by atoms with Crippen LogP contribution in [0.25, 0.3) is 0 Å². The van der Waals surface area contributed by atoms with E-state index in [0.717, 1.165) is 12.2 Å². The van der Waals surface area contributed by atoms with Crippen LogP contribution >= 0.6 is 11.8 Å². The van der Waals surface area contributed by atoms with Gasteiger partial charge in [0, 0.05) is 19.6 Å². The van der Waals surface area contributed by atoms with Gasteiger partial charge >= 0.3 is 12.0 Å². The number of thioether (sulfide) groups is 1. The van der Waals surface area contributed by atoms with E-state index in [2.05, 4.69) is 5.32 Å². The Morgan fingerprint density at radius 3 is 2.72 bits per heavy atom. The Hall–Kier alpha value is -0.950. The van der Waals surface area contributed by atoms with Gasteiger partial charge in [0.1, 0.15) is 6.61 Å². The zero-order valence-electron chi connectivity index (χ0n) is 11.1. The quantitative estimate of drug-likeness (QED) is 0.612. The van der Waals surface area contributed by atoms with Crippen LogP contribution in [0.2, 0.25) is 0 Å². The third kappa shape index (κ3) is 8.19. The van der Waals surface area contributed by atoms with Gasteiger partial charge < -0.3 is 20.1 Å².